The van der Waals surface area contributed by atoms with Gasteiger partial charge >= 0.3 is 0 Å². The van der Waals surface area contributed by atoms with Crippen LogP contribution in [0.5, 0.6) is 0 Å². The molecule has 0 bridgehead atoms. The van der Waals surface area contributed by atoms with Gasteiger partial charge in [0.2, 0.25) is 0 Å². The van der Waals surface area contributed by atoms with Crippen LogP contribution in [0.15, 0.2) is 17.4 Å². The zero-order chi connectivity index (χ0) is 16.1. The summed E-state index contributed by atoms with van der Waals surface area (Å²) in [5.41, 5.74) is 6.25. The number of nitrogens with two attached hydrogens (primary N) is 1. The van der Waals surface area contributed by atoms with Crippen LogP contribution in [0, 0.1) is 15.5 Å². The van der Waals surface area contributed by atoms with E-state index in [-0.39, 0.29) is 12.0 Å². The number of hydrogen-bond donors (Lipinski definition) is 5. The number of guanidine groups is 1. The Labute approximate surface area is 131 Å². The minimum Gasteiger partial charge on any atom is -0.370 e. The summed E-state index contributed by atoms with van der Waals surface area (Å²) in [6.07, 6.45) is 3.69. The summed E-state index contributed by atoms with van der Waals surface area (Å²) in [6.45, 7) is 0. The third kappa shape index (κ3) is 4.32. The first kappa shape index (κ1) is 16.0. The van der Waals surface area contributed by atoms with Gasteiger partial charge in [0.1, 0.15) is 0 Å². The van der Waals surface area contributed by atoms with Gasteiger partial charge in [0.05, 0.1) is 10.6 Å². The molecule has 1 fully saturated rings. The van der Waals surface area contributed by atoms with Crippen LogP contribution in [0.2, 0.25) is 0 Å². The molecule has 0 aromatic carbocycles. The molecule has 1 saturated carbocycles. The van der Waals surface area contributed by atoms with Crippen LogP contribution in [0.1, 0.15) is 30.9 Å². The van der Waals surface area contributed by atoms with Crippen LogP contribution in [-0.2, 0) is 0 Å². The summed E-state index contributed by atoms with van der Waals surface area (Å²) in [7, 11) is 1.65. The van der Waals surface area contributed by atoms with Crippen molar-refractivity contribution >= 4 is 22.4 Å². The number of aromatic nitrogens is 1. The van der Waals surface area contributed by atoms with E-state index in [1.54, 1.807) is 7.05 Å². The predicted octanol–water partition coefficient (Wildman–Crippen LogP) is 0.969. The fourth-order valence-electron chi connectivity index (χ4n) is 2.53. The van der Waals surface area contributed by atoms with Gasteiger partial charge in [0.15, 0.2) is 16.9 Å². The Balaban J connectivity index is 1.93. The van der Waals surface area contributed by atoms with E-state index in [0.29, 0.717) is 16.9 Å². The van der Waals surface area contributed by atoms with Crippen LogP contribution in [0.3, 0.4) is 0 Å². The lowest BCUT2D eigenvalue weighted by molar-refractivity contribution is -0.404. The Morgan fingerprint density at radius 3 is 3.05 bits per heavy atom. The van der Waals surface area contributed by atoms with Gasteiger partial charge in [-0.15, -0.1) is 11.3 Å². The molecule has 1 aromatic heterocycles. The number of nitrogens with zero attached hydrogens (tertiary/aromatic N) is 2. The van der Waals surface area contributed by atoms with E-state index in [2.05, 4.69) is 20.9 Å². The van der Waals surface area contributed by atoms with E-state index >= 15 is 0 Å². The molecule has 0 amide bonds. The van der Waals surface area contributed by atoms with Crippen LogP contribution in [-0.4, -0.2) is 29.0 Å². The Bertz CT molecular complexity index is 586. The largest absolute Gasteiger partial charge is 0.370 e. The molecule has 10 heteroatoms. The van der Waals surface area contributed by atoms with Crippen molar-refractivity contribution in [2.24, 2.45) is 5.73 Å². The minimum atomic E-state index is -0.481. The minimum absolute atomic E-state index is 0.129. The van der Waals surface area contributed by atoms with Gasteiger partial charge in [-0.2, -0.15) is 0 Å². The highest BCUT2D eigenvalue weighted by molar-refractivity contribution is 7.13. The van der Waals surface area contributed by atoms with E-state index in [4.69, 9.17) is 11.1 Å². The molecule has 2 unspecified atom stereocenters. The maximum absolute atomic E-state index is 10.5. The summed E-state index contributed by atoms with van der Waals surface area (Å²) < 4.78 is 0. The van der Waals surface area contributed by atoms with Gasteiger partial charge in [-0.05, 0) is 19.3 Å². The summed E-state index contributed by atoms with van der Waals surface area (Å²) >= 11 is 1.42. The molecular formula is C12H19N7O2S. The van der Waals surface area contributed by atoms with Crippen molar-refractivity contribution in [3.8, 4) is 0 Å². The van der Waals surface area contributed by atoms with Crippen LogP contribution >= 0.6 is 11.3 Å². The van der Waals surface area contributed by atoms with Gasteiger partial charge in [-0.1, -0.05) is 0 Å². The number of anilines is 1. The smallest absolute Gasteiger partial charge is 0.274 e. The lowest BCUT2D eigenvalue weighted by atomic mass is 10.1. The average Bonchev–Trinajstić information content (AvgIpc) is 3.05. The van der Waals surface area contributed by atoms with Crippen molar-refractivity contribution in [2.75, 3.05) is 12.4 Å². The van der Waals surface area contributed by atoms with E-state index in [1.807, 2.05) is 5.38 Å². The first-order chi connectivity index (χ1) is 10.5. The molecule has 1 aromatic rings. The molecule has 2 rings (SSSR count). The number of rotatable bonds is 6. The van der Waals surface area contributed by atoms with Crippen LogP contribution in [0.25, 0.3) is 0 Å². The molecule has 6 N–H and O–H groups in total. The first-order valence-corrected chi connectivity index (χ1v) is 7.72. The highest BCUT2D eigenvalue weighted by Gasteiger charge is 2.28. The molecule has 2 atom stereocenters. The van der Waals surface area contributed by atoms with E-state index in [1.165, 1.54) is 11.3 Å². The number of hydrogen-bond acceptors (Lipinski definition) is 7. The Hall–Kier alpha value is -2.36. The zero-order valence-electron chi connectivity index (χ0n) is 12.1. The van der Waals surface area contributed by atoms with Gasteiger partial charge in [0, 0.05) is 24.4 Å². The fourth-order valence-corrected chi connectivity index (χ4v) is 3.33. The van der Waals surface area contributed by atoms with Crippen molar-refractivity contribution in [2.45, 2.75) is 31.2 Å². The standard InChI is InChI=1S/C12H19N7O2S/c1-15-10(5-19(20)21)16-8-3-2-7(4-8)9-6-22-12(17-9)18-11(13)14/h5-8,15-16H,2-4H2,1H3,(H4,13,14,17,18). The van der Waals surface area contributed by atoms with Crippen molar-refractivity contribution in [3.05, 3.63) is 33.2 Å². The molecule has 0 radical (unpaired) electrons. The third-order valence-electron chi connectivity index (χ3n) is 3.48. The molecule has 1 aliphatic carbocycles. The second-order valence-electron chi connectivity index (χ2n) is 5.05. The van der Waals surface area contributed by atoms with Gasteiger partial charge < -0.3 is 21.7 Å². The van der Waals surface area contributed by atoms with Crippen molar-refractivity contribution < 1.29 is 4.92 Å². The van der Waals surface area contributed by atoms with Crippen molar-refractivity contribution in [3.63, 3.8) is 0 Å². The predicted molar refractivity (Wildman–Crippen MR) is 85.3 cm³/mol. The van der Waals surface area contributed by atoms with Crippen molar-refractivity contribution in [1.29, 1.82) is 5.41 Å². The second-order valence-corrected chi connectivity index (χ2v) is 5.90. The molecule has 9 nitrogen and oxygen atoms in total. The average molecular weight is 325 g/mol. The normalized spacial score (nSPS) is 21.4. The number of thiazole rings is 1. The van der Waals surface area contributed by atoms with E-state index < -0.39 is 4.92 Å². The molecule has 0 saturated heterocycles. The SMILES string of the molecule is CNC(=C[N+](=O)[O-])NC1CCC(c2csc(NC(=N)N)n2)C1. The Morgan fingerprint density at radius 1 is 1.64 bits per heavy atom. The topological polar surface area (TPSA) is 142 Å². The maximum Gasteiger partial charge on any atom is 0.274 e. The highest BCUT2D eigenvalue weighted by atomic mass is 32.1. The molecule has 0 spiro atoms. The molecule has 1 aliphatic rings. The third-order valence-corrected chi connectivity index (χ3v) is 4.25. The number of nitro groups is 1. The summed E-state index contributed by atoms with van der Waals surface area (Å²) in [5.74, 6) is 0.591. The lowest BCUT2D eigenvalue weighted by Crippen LogP contribution is -2.32. The molecule has 1 heterocycles. The van der Waals surface area contributed by atoms with Gasteiger partial charge in [-0.25, -0.2) is 4.98 Å². The molecule has 120 valence electrons. The second kappa shape index (κ2) is 7.07. The first-order valence-electron chi connectivity index (χ1n) is 6.84. The van der Waals surface area contributed by atoms with Crippen LogP contribution in [0.4, 0.5) is 5.13 Å². The molecular weight excluding hydrogens is 306 g/mol. The summed E-state index contributed by atoms with van der Waals surface area (Å²) in [4.78, 5) is 14.5. The quantitative estimate of drug-likeness (QED) is 0.227. The maximum atomic E-state index is 10.5. The monoisotopic (exact) mass is 325 g/mol. The summed E-state index contributed by atoms with van der Waals surface area (Å²) in [6, 6.07) is 0.176. The molecule has 0 aliphatic heterocycles. The lowest BCUT2D eigenvalue weighted by Gasteiger charge is -2.15. The van der Waals surface area contributed by atoms with Crippen molar-refractivity contribution in [1.82, 2.24) is 15.6 Å². The van der Waals surface area contributed by atoms with E-state index in [0.717, 1.165) is 31.2 Å². The van der Waals surface area contributed by atoms with Gasteiger partial charge in [-0.3, -0.25) is 15.5 Å². The Morgan fingerprint density at radius 2 is 2.41 bits per heavy atom. The van der Waals surface area contributed by atoms with Gasteiger partial charge in [0.25, 0.3) is 6.20 Å². The molecule has 22 heavy (non-hydrogen) atoms. The van der Waals surface area contributed by atoms with Crippen LogP contribution < -0.4 is 21.7 Å². The number of nitrogens with one attached hydrogen (secondary N) is 4. The summed E-state index contributed by atoms with van der Waals surface area (Å²) in [5, 5.41) is 28.9. The highest BCUT2D eigenvalue weighted by Crippen LogP contribution is 2.36. The fraction of sp³-hybridized carbons (Fsp3) is 0.500. The zero-order valence-corrected chi connectivity index (χ0v) is 12.9. The van der Waals surface area contributed by atoms with E-state index in [9.17, 15) is 10.1 Å². The Kier molecular flexibility index (Phi) is 5.15.